The molecule has 2 N–H and O–H groups in total. The molecule has 0 fully saturated rings. The third-order valence-corrected chi connectivity index (χ3v) is 3.99. The molecule has 0 aromatic heterocycles. The third-order valence-electron chi connectivity index (χ3n) is 3.99. The van der Waals surface area contributed by atoms with E-state index in [1.54, 1.807) is 21.3 Å². The largest absolute Gasteiger partial charge is 0.497 e. The Kier molecular flexibility index (Phi) is 10.7. The van der Waals surface area contributed by atoms with Gasteiger partial charge < -0.3 is 24.8 Å². The number of carbonyl (C=O) groups is 1. The van der Waals surface area contributed by atoms with Gasteiger partial charge >= 0.3 is 5.97 Å². The molecule has 26 heavy (non-hydrogen) atoms. The van der Waals surface area contributed by atoms with Crippen molar-refractivity contribution in [2.24, 2.45) is 4.99 Å². The van der Waals surface area contributed by atoms with Crippen LogP contribution in [-0.2, 0) is 16.1 Å². The number of methoxy groups -OCH3 is 3. The maximum atomic E-state index is 11.0. The summed E-state index contributed by atoms with van der Waals surface area (Å²) in [7, 11) is 6.45. The Morgan fingerprint density at radius 1 is 1.04 bits per heavy atom. The first-order valence-electron chi connectivity index (χ1n) is 8.86. The molecule has 0 radical (unpaired) electrons. The van der Waals surface area contributed by atoms with Crippen LogP contribution in [0.5, 0.6) is 11.5 Å². The quantitative estimate of drug-likeness (QED) is 0.271. The lowest BCUT2D eigenvalue weighted by Crippen LogP contribution is -2.37. The summed E-state index contributed by atoms with van der Waals surface area (Å²) in [5.74, 6) is 2.15. The van der Waals surface area contributed by atoms with E-state index in [1.165, 1.54) is 7.11 Å². The number of hydrogen-bond acceptors (Lipinski definition) is 5. The minimum atomic E-state index is -0.137. The number of aliphatic imine (C=N–C) groups is 1. The molecule has 1 rings (SSSR count). The second kappa shape index (κ2) is 12.9. The number of carbonyl (C=O) groups excluding carboxylic acids is 1. The minimum Gasteiger partial charge on any atom is -0.497 e. The molecule has 0 atom stereocenters. The summed E-state index contributed by atoms with van der Waals surface area (Å²) >= 11 is 0. The first kappa shape index (κ1) is 21.6. The van der Waals surface area contributed by atoms with Crippen molar-refractivity contribution < 1.29 is 19.0 Å². The molecule has 1 aromatic rings. The van der Waals surface area contributed by atoms with Gasteiger partial charge in [0.05, 0.1) is 21.3 Å². The standard InChI is InChI=1S/C19H31N3O4/c1-20-19(21-12-8-6-5-7-9-18(23)26-4)22-14-15-10-11-16(24-2)13-17(15)25-3/h10-11,13H,5-9,12,14H2,1-4H3,(H2,20,21,22). The highest BCUT2D eigenvalue weighted by Crippen LogP contribution is 2.24. The van der Waals surface area contributed by atoms with Crippen LogP contribution >= 0.6 is 0 Å². The lowest BCUT2D eigenvalue weighted by atomic mass is 10.1. The van der Waals surface area contributed by atoms with Crippen molar-refractivity contribution in [2.75, 3.05) is 34.9 Å². The zero-order valence-corrected chi connectivity index (χ0v) is 16.3. The summed E-state index contributed by atoms with van der Waals surface area (Å²) in [5.41, 5.74) is 1.03. The SMILES string of the molecule is CN=C(NCCCCCCC(=O)OC)NCc1ccc(OC)cc1OC. The average Bonchev–Trinajstić information content (AvgIpc) is 2.68. The first-order valence-corrected chi connectivity index (χ1v) is 8.86. The van der Waals surface area contributed by atoms with Crippen LogP contribution in [0.2, 0.25) is 0 Å². The average molecular weight is 365 g/mol. The van der Waals surface area contributed by atoms with Gasteiger partial charge in [0.2, 0.25) is 0 Å². The van der Waals surface area contributed by atoms with Crippen molar-refractivity contribution in [3.05, 3.63) is 23.8 Å². The van der Waals surface area contributed by atoms with E-state index in [2.05, 4.69) is 20.4 Å². The van der Waals surface area contributed by atoms with Gasteiger partial charge in [0.1, 0.15) is 11.5 Å². The summed E-state index contributed by atoms with van der Waals surface area (Å²) in [6.45, 7) is 1.43. The van der Waals surface area contributed by atoms with E-state index in [4.69, 9.17) is 9.47 Å². The molecule has 0 aliphatic carbocycles. The smallest absolute Gasteiger partial charge is 0.305 e. The summed E-state index contributed by atoms with van der Waals surface area (Å²) in [4.78, 5) is 15.3. The second-order valence-electron chi connectivity index (χ2n) is 5.77. The monoisotopic (exact) mass is 365 g/mol. The van der Waals surface area contributed by atoms with Gasteiger partial charge in [-0.1, -0.05) is 12.8 Å². The number of benzene rings is 1. The number of guanidine groups is 1. The van der Waals surface area contributed by atoms with Gasteiger partial charge in [0.15, 0.2) is 5.96 Å². The van der Waals surface area contributed by atoms with E-state index in [-0.39, 0.29) is 5.97 Å². The Bertz CT molecular complexity index is 576. The highest BCUT2D eigenvalue weighted by Gasteiger charge is 2.06. The molecule has 0 spiro atoms. The highest BCUT2D eigenvalue weighted by atomic mass is 16.5. The van der Waals surface area contributed by atoms with Crippen LogP contribution in [-0.4, -0.2) is 46.9 Å². The van der Waals surface area contributed by atoms with Crippen molar-refractivity contribution >= 4 is 11.9 Å². The van der Waals surface area contributed by atoms with E-state index in [1.807, 2.05) is 18.2 Å². The zero-order chi connectivity index (χ0) is 19.2. The predicted octanol–water partition coefficient (Wildman–Crippen LogP) is 2.49. The highest BCUT2D eigenvalue weighted by molar-refractivity contribution is 5.79. The number of esters is 1. The Morgan fingerprint density at radius 2 is 1.81 bits per heavy atom. The molecule has 0 amide bonds. The van der Waals surface area contributed by atoms with Gasteiger partial charge in [-0.2, -0.15) is 0 Å². The molecular formula is C19H31N3O4. The normalized spacial score (nSPS) is 11.0. The molecule has 0 saturated heterocycles. The predicted molar refractivity (Wildman–Crippen MR) is 103 cm³/mol. The van der Waals surface area contributed by atoms with Gasteiger partial charge in [0, 0.05) is 38.2 Å². The lowest BCUT2D eigenvalue weighted by Gasteiger charge is -2.14. The molecular weight excluding hydrogens is 334 g/mol. The van der Waals surface area contributed by atoms with Crippen LogP contribution in [0.25, 0.3) is 0 Å². The van der Waals surface area contributed by atoms with Gasteiger partial charge in [-0.05, 0) is 25.0 Å². The number of ether oxygens (including phenoxy) is 3. The van der Waals surface area contributed by atoms with Crippen LogP contribution in [0.1, 0.15) is 37.7 Å². The number of nitrogens with zero attached hydrogens (tertiary/aromatic N) is 1. The Labute approximate surface area is 156 Å². The van der Waals surface area contributed by atoms with Gasteiger partial charge in [-0.3, -0.25) is 9.79 Å². The summed E-state index contributed by atoms with van der Waals surface area (Å²) in [6, 6.07) is 5.74. The van der Waals surface area contributed by atoms with Crippen LogP contribution in [0.15, 0.2) is 23.2 Å². The number of nitrogens with one attached hydrogen (secondary N) is 2. The third kappa shape index (κ3) is 8.09. The molecule has 0 saturated carbocycles. The van der Waals surface area contributed by atoms with Crippen molar-refractivity contribution in [3.8, 4) is 11.5 Å². The van der Waals surface area contributed by atoms with Crippen molar-refractivity contribution in [2.45, 2.75) is 38.6 Å². The topological polar surface area (TPSA) is 81.2 Å². The van der Waals surface area contributed by atoms with Gasteiger partial charge in [-0.15, -0.1) is 0 Å². The number of unbranched alkanes of at least 4 members (excludes halogenated alkanes) is 3. The van der Waals surface area contributed by atoms with E-state index in [0.29, 0.717) is 13.0 Å². The minimum absolute atomic E-state index is 0.137. The molecule has 0 bridgehead atoms. The molecule has 1 aromatic carbocycles. The summed E-state index contributed by atoms with van der Waals surface area (Å²) in [5, 5.41) is 6.57. The van der Waals surface area contributed by atoms with E-state index >= 15 is 0 Å². The maximum Gasteiger partial charge on any atom is 0.305 e. The lowest BCUT2D eigenvalue weighted by molar-refractivity contribution is -0.140. The molecule has 7 nitrogen and oxygen atoms in total. The molecule has 0 unspecified atom stereocenters. The van der Waals surface area contributed by atoms with E-state index in [9.17, 15) is 4.79 Å². The summed E-state index contributed by atoms with van der Waals surface area (Å²) < 4.78 is 15.2. The molecule has 0 aliphatic rings. The molecule has 0 heterocycles. The molecule has 7 heteroatoms. The van der Waals surface area contributed by atoms with E-state index < -0.39 is 0 Å². The van der Waals surface area contributed by atoms with Crippen LogP contribution in [0.4, 0.5) is 0 Å². The van der Waals surface area contributed by atoms with Crippen molar-refractivity contribution in [1.82, 2.24) is 10.6 Å². The maximum absolute atomic E-state index is 11.0. The Hall–Kier alpha value is -2.44. The Morgan fingerprint density at radius 3 is 2.46 bits per heavy atom. The van der Waals surface area contributed by atoms with Crippen molar-refractivity contribution in [3.63, 3.8) is 0 Å². The first-order chi connectivity index (χ1) is 12.6. The van der Waals surface area contributed by atoms with Crippen LogP contribution < -0.4 is 20.1 Å². The second-order valence-corrected chi connectivity index (χ2v) is 5.77. The van der Waals surface area contributed by atoms with Crippen LogP contribution in [0, 0.1) is 0 Å². The molecule has 0 aliphatic heterocycles. The van der Waals surface area contributed by atoms with Crippen LogP contribution in [0.3, 0.4) is 0 Å². The fourth-order valence-electron chi connectivity index (χ4n) is 2.45. The van der Waals surface area contributed by atoms with Gasteiger partial charge in [-0.25, -0.2) is 0 Å². The fraction of sp³-hybridized carbons (Fsp3) is 0.579. The van der Waals surface area contributed by atoms with Crippen molar-refractivity contribution in [1.29, 1.82) is 0 Å². The number of hydrogen-bond donors (Lipinski definition) is 2. The molecule has 146 valence electrons. The Balaban J connectivity index is 2.28. The van der Waals surface area contributed by atoms with E-state index in [0.717, 1.165) is 55.3 Å². The fourth-order valence-corrected chi connectivity index (χ4v) is 2.45. The van der Waals surface area contributed by atoms with Gasteiger partial charge in [0.25, 0.3) is 0 Å². The number of rotatable bonds is 11. The zero-order valence-electron chi connectivity index (χ0n) is 16.3. The summed E-state index contributed by atoms with van der Waals surface area (Å²) in [6.07, 6.45) is 4.47.